The zero-order chi connectivity index (χ0) is 20.9. The van der Waals surface area contributed by atoms with Gasteiger partial charge < -0.3 is 10.1 Å². The van der Waals surface area contributed by atoms with Crippen LogP contribution in [0, 0.1) is 0 Å². The van der Waals surface area contributed by atoms with E-state index in [1.807, 2.05) is 0 Å². The predicted octanol–water partition coefficient (Wildman–Crippen LogP) is 3.58. The Kier molecular flexibility index (Phi) is 6.92. The zero-order valence-electron chi connectivity index (χ0n) is 16.9. The fraction of sp³-hybridized carbons (Fsp3) is 0.409. The lowest BCUT2D eigenvalue weighted by atomic mass is 9.95. The van der Waals surface area contributed by atoms with Crippen molar-refractivity contribution in [2.45, 2.75) is 49.6 Å². The van der Waals surface area contributed by atoms with Gasteiger partial charge in [0.2, 0.25) is 10.0 Å². The minimum absolute atomic E-state index is 0.102. The van der Waals surface area contributed by atoms with Crippen LogP contribution in [0.15, 0.2) is 53.4 Å². The molecule has 0 unspecified atom stereocenters. The van der Waals surface area contributed by atoms with Gasteiger partial charge in [-0.3, -0.25) is 4.79 Å². The van der Waals surface area contributed by atoms with Crippen molar-refractivity contribution in [2.24, 2.45) is 0 Å². The van der Waals surface area contributed by atoms with Gasteiger partial charge in [-0.15, -0.1) is 0 Å². The van der Waals surface area contributed by atoms with E-state index in [1.165, 1.54) is 24.9 Å². The third-order valence-electron chi connectivity index (χ3n) is 5.33. The maximum Gasteiger partial charge on any atom is 0.251 e. The van der Waals surface area contributed by atoms with E-state index in [2.05, 4.69) is 5.32 Å². The number of nitrogens with one attached hydrogen (secondary N) is 1. The first-order valence-corrected chi connectivity index (χ1v) is 11.3. The van der Waals surface area contributed by atoms with E-state index in [1.54, 1.807) is 48.5 Å². The first-order chi connectivity index (χ1) is 13.9. The Balaban J connectivity index is 1.79. The molecule has 2 aromatic carbocycles. The lowest BCUT2D eigenvalue weighted by Gasteiger charge is -2.23. The molecule has 1 aliphatic rings. The summed E-state index contributed by atoms with van der Waals surface area (Å²) in [5.74, 6) is 0.420. The van der Waals surface area contributed by atoms with Crippen molar-refractivity contribution in [1.29, 1.82) is 0 Å². The van der Waals surface area contributed by atoms with Crippen LogP contribution in [0.2, 0.25) is 0 Å². The molecule has 1 aliphatic carbocycles. The summed E-state index contributed by atoms with van der Waals surface area (Å²) < 4.78 is 32.3. The topological polar surface area (TPSA) is 75.7 Å². The van der Waals surface area contributed by atoms with Crippen LogP contribution >= 0.6 is 0 Å². The van der Waals surface area contributed by atoms with Gasteiger partial charge in [-0.25, -0.2) is 8.42 Å². The average Bonchev–Trinajstić information content (AvgIpc) is 2.75. The number of nitrogens with zero attached hydrogens (tertiary/aromatic N) is 1. The minimum Gasteiger partial charge on any atom is -0.496 e. The molecule has 0 radical (unpaired) electrons. The van der Waals surface area contributed by atoms with Gasteiger partial charge in [0.1, 0.15) is 5.75 Å². The molecule has 0 saturated heterocycles. The lowest BCUT2D eigenvalue weighted by molar-refractivity contribution is 0.0927. The van der Waals surface area contributed by atoms with Crippen molar-refractivity contribution in [2.75, 3.05) is 14.2 Å². The number of ether oxygens (including phenoxy) is 1. The summed E-state index contributed by atoms with van der Waals surface area (Å²) in [6, 6.07) is 13.6. The lowest BCUT2D eigenvalue weighted by Crippen LogP contribution is -2.36. The number of carbonyl (C=O) groups is 1. The molecule has 0 aliphatic heterocycles. The summed E-state index contributed by atoms with van der Waals surface area (Å²) >= 11 is 0. The molecule has 0 aromatic heterocycles. The summed E-state index contributed by atoms with van der Waals surface area (Å²) in [6.07, 6.45) is 5.52. The van der Waals surface area contributed by atoms with Crippen molar-refractivity contribution in [3.8, 4) is 5.75 Å². The number of rotatable bonds is 7. The molecule has 1 fully saturated rings. The molecule has 0 bridgehead atoms. The van der Waals surface area contributed by atoms with E-state index in [0.29, 0.717) is 16.9 Å². The van der Waals surface area contributed by atoms with Gasteiger partial charge in [0.25, 0.3) is 5.91 Å². The van der Waals surface area contributed by atoms with Crippen LogP contribution in [0.5, 0.6) is 5.75 Å². The van der Waals surface area contributed by atoms with Crippen LogP contribution in [-0.2, 0) is 16.6 Å². The largest absolute Gasteiger partial charge is 0.496 e. The summed E-state index contributed by atoms with van der Waals surface area (Å²) in [4.78, 5) is 12.9. The van der Waals surface area contributed by atoms with Gasteiger partial charge in [-0.2, -0.15) is 4.31 Å². The molecule has 1 amide bonds. The van der Waals surface area contributed by atoms with Crippen LogP contribution in [0.25, 0.3) is 0 Å². The summed E-state index contributed by atoms with van der Waals surface area (Å²) in [5.41, 5.74) is 1.16. The van der Waals surface area contributed by atoms with Gasteiger partial charge in [0.05, 0.1) is 12.0 Å². The number of carbonyl (C=O) groups excluding carboxylic acids is 1. The van der Waals surface area contributed by atoms with Crippen LogP contribution in [0.4, 0.5) is 0 Å². The number of hydrogen-bond acceptors (Lipinski definition) is 4. The van der Waals surface area contributed by atoms with Crippen molar-refractivity contribution in [3.05, 3.63) is 59.7 Å². The minimum atomic E-state index is -3.64. The highest BCUT2D eigenvalue weighted by atomic mass is 32.2. The van der Waals surface area contributed by atoms with Crippen molar-refractivity contribution in [1.82, 2.24) is 9.62 Å². The first-order valence-electron chi connectivity index (χ1n) is 9.91. The quantitative estimate of drug-likeness (QED) is 0.749. The van der Waals surface area contributed by atoms with Gasteiger partial charge in [-0.05, 0) is 43.2 Å². The van der Waals surface area contributed by atoms with Gasteiger partial charge in [-0.1, -0.05) is 37.5 Å². The summed E-state index contributed by atoms with van der Waals surface area (Å²) in [5, 5.41) is 3.10. The van der Waals surface area contributed by atoms with Gasteiger partial charge in [0.15, 0.2) is 0 Å². The van der Waals surface area contributed by atoms with E-state index in [9.17, 15) is 13.2 Å². The molecule has 2 aromatic rings. The Morgan fingerprint density at radius 1 is 1.10 bits per heavy atom. The molecule has 29 heavy (non-hydrogen) atoms. The molecule has 156 valence electrons. The average molecular weight is 417 g/mol. The molecule has 6 nitrogen and oxygen atoms in total. The summed E-state index contributed by atoms with van der Waals surface area (Å²) in [7, 11) is -0.582. The second-order valence-corrected chi connectivity index (χ2v) is 9.45. The Morgan fingerprint density at radius 3 is 2.45 bits per heavy atom. The Hall–Kier alpha value is -2.38. The van der Waals surface area contributed by atoms with Crippen molar-refractivity contribution < 1.29 is 17.9 Å². The molecule has 0 atom stereocenters. The summed E-state index contributed by atoms with van der Waals surface area (Å²) in [6.45, 7) is 0.102. The fourth-order valence-electron chi connectivity index (χ4n) is 3.66. The molecular weight excluding hydrogens is 388 g/mol. The Labute approximate surface area is 172 Å². The van der Waals surface area contributed by atoms with E-state index >= 15 is 0 Å². The van der Waals surface area contributed by atoms with E-state index < -0.39 is 10.0 Å². The number of amides is 1. The Bertz CT molecular complexity index is 939. The standard InChI is InChI=1S/C22H28N2O4S/c1-24(29(26,27)20-11-7-4-8-12-20)16-18-15-17(13-14-21(18)28-2)22(25)23-19-9-5-3-6-10-19/h4,7-8,11-15,19H,3,5-6,9-10,16H2,1-2H3,(H,23,25). The van der Waals surface area contributed by atoms with E-state index in [4.69, 9.17) is 4.74 Å². The number of hydrogen-bond donors (Lipinski definition) is 1. The molecular formula is C22H28N2O4S. The first kappa shape index (κ1) is 21.3. The highest BCUT2D eigenvalue weighted by Gasteiger charge is 2.23. The molecule has 0 heterocycles. The van der Waals surface area contributed by atoms with Crippen molar-refractivity contribution in [3.63, 3.8) is 0 Å². The second kappa shape index (κ2) is 9.41. The molecule has 3 rings (SSSR count). The third kappa shape index (κ3) is 5.16. The van der Waals surface area contributed by atoms with Crippen LogP contribution in [-0.4, -0.2) is 38.8 Å². The van der Waals surface area contributed by atoms with Crippen molar-refractivity contribution >= 4 is 15.9 Å². The highest BCUT2D eigenvalue weighted by Crippen LogP contribution is 2.25. The SMILES string of the molecule is COc1ccc(C(=O)NC2CCCCC2)cc1CN(C)S(=O)(=O)c1ccccc1. The van der Waals surface area contributed by atoms with Gasteiger partial charge >= 0.3 is 0 Å². The second-order valence-electron chi connectivity index (χ2n) is 7.41. The van der Waals surface area contributed by atoms with Gasteiger partial charge in [0, 0.05) is 30.8 Å². The van der Waals surface area contributed by atoms with E-state index in [0.717, 1.165) is 25.7 Å². The highest BCUT2D eigenvalue weighted by molar-refractivity contribution is 7.89. The zero-order valence-corrected chi connectivity index (χ0v) is 17.7. The fourth-order valence-corrected chi connectivity index (χ4v) is 4.83. The molecule has 0 spiro atoms. The maximum absolute atomic E-state index is 12.8. The Morgan fingerprint density at radius 2 is 1.79 bits per heavy atom. The number of methoxy groups -OCH3 is 1. The monoisotopic (exact) mass is 416 g/mol. The van der Waals surface area contributed by atoms with E-state index in [-0.39, 0.29) is 23.4 Å². The normalized spacial score (nSPS) is 15.3. The number of sulfonamides is 1. The maximum atomic E-state index is 12.8. The molecule has 1 saturated carbocycles. The van der Waals surface area contributed by atoms with Crippen LogP contribution in [0.3, 0.4) is 0 Å². The predicted molar refractivity (Wildman–Crippen MR) is 112 cm³/mol. The third-order valence-corrected chi connectivity index (χ3v) is 7.14. The number of benzene rings is 2. The smallest absolute Gasteiger partial charge is 0.251 e. The molecule has 1 N–H and O–H groups in total. The molecule has 7 heteroatoms. The van der Waals surface area contributed by atoms with Crippen LogP contribution in [0.1, 0.15) is 48.0 Å². The van der Waals surface area contributed by atoms with Crippen LogP contribution < -0.4 is 10.1 Å².